The van der Waals surface area contributed by atoms with Crippen LogP contribution in [0, 0.1) is 0 Å². The normalized spacial score (nSPS) is 9.55. The van der Waals surface area contributed by atoms with Gasteiger partial charge in [0.15, 0.2) is 0 Å². The number of amides is 1. The molecular formula is C8H10NOS. The first-order valence-corrected chi connectivity index (χ1v) is 4.54. The molecule has 0 spiro atoms. The third kappa shape index (κ3) is 2.72. The van der Waals surface area contributed by atoms with Gasteiger partial charge in [0.2, 0.25) is 5.91 Å². The Kier molecular flexibility index (Phi) is 3.11. The van der Waals surface area contributed by atoms with Crippen molar-refractivity contribution in [2.24, 2.45) is 0 Å². The van der Waals surface area contributed by atoms with Gasteiger partial charge in [-0.2, -0.15) is 11.3 Å². The number of carbonyl (C=O) groups is 1. The molecule has 2 nitrogen and oxygen atoms in total. The van der Waals surface area contributed by atoms with Crippen LogP contribution in [0.25, 0.3) is 0 Å². The van der Waals surface area contributed by atoms with E-state index in [1.807, 2.05) is 23.8 Å². The maximum Gasteiger partial charge on any atom is 0.246 e. The Morgan fingerprint density at radius 1 is 1.73 bits per heavy atom. The van der Waals surface area contributed by atoms with Gasteiger partial charge in [0.05, 0.1) is 5.69 Å². The Labute approximate surface area is 70.2 Å². The summed E-state index contributed by atoms with van der Waals surface area (Å²) in [5.41, 5.74) is 0.786. The molecule has 0 bridgehead atoms. The van der Waals surface area contributed by atoms with Gasteiger partial charge in [-0.15, -0.1) is 0 Å². The number of thiophene rings is 1. The van der Waals surface area contributed by atoms with E-state index in [-0.39, 0.29) is 5.91 Å². The summed E-state index contributed by atoms with van der Waals surface area (Å²) < 4.78 is 0. The summed E-state index contributed by atoms with van der Waals surface area (Å²) >= 11 is 1.55. The lowest BCUT2D eigenvalue weighted by Crippen LogP contribution is -2.08. The molecule has 0 atom stereocenters. The molecule has 0 saturated carbocycles. The van der Waals surface area contributed by atoms with E-state index >= 15 is 0 Å². The molecule has 0 aliphatic carbocycles. The van der Waals surface area contributed by atoms with Gasteiger partial charge in [-0.1, -0.05) is 6.92 Å². The lowest BCUT2D eigenvalue weighted by Gasteiger charge is -1.94. The molecule has 1 radical (unpaired) electrons. The molecule has 0 saturated heterocycles. The number of carbonyl (C=O) groups excluding carboxylic acids is 1. The average molecular weight is 168 g/mol. The molecule has 11 heavy (non-hydrogen) atoms. The molecule has 0 unspecified atom stereocenters. The molecule has 0 aromatic carbocycles. The van der Waals surface area contributed by atoms with Crippen molar-refractivity contribution >= 4 is 22.9 Å². The fourth-order valence-electron chi connectivity index (χ4n) is 0.735. The zero-order valence-corrected chi connectivity index (χ0v) is 7.23. The molecule has 1 aromatic heterocycles. The quantitative estimate of drug-likeness (QED) is 0.681. The Morgan fingerprint density at radius 3 is 3.09 bits per heavy atom. The summed E-state index contributed by atoms with van der Waals surface area (Å²) in [7, 11) is 0. The van der Waals surface area contributed by atoms with Gasteiger partial charge in [-0.05, 0) is 17.9 Å². The zero-order chi connectivity index (χ0) is 8.10. The SMILES string of the molecule is CCCC(=O)[N]c1ccsc1. The van der Waals surface area contributed by atoms with Gasteiger partial charge in [-0.3, -0.25) is 4.79 Å². The summed E-state index contributed by atoms with van der Waals surface area (Å²) in [4.78, 5) is 10.9. The van der Waals surface area contributed by atoms with Gasteiger partial charge in [0.1, 0.15) is 0 Å². The van der Waals surface area contributed by atoms with Crippen molar-refractivity contribution in [2.45, 2.75) is 19.8 Å². The van der Waals surface area contributed by atoms with E-state index in [0.717, 1.165) is 12.1 Å². The van der Waals surface area contributed by atoms with Crippen molar-refractivity contribution in [1.82, 2.24) is 5.32 Å². The van der Waals surface area contributed by atoms with Gasteiger partial charge >= 0.3 is 0 Å². The summed E-state index contributed by atoms with van der Waals surface area (Å²) in [6.07, 6.45) is 1.42. The second kappa shape index (κ2) is 4.13. The molecule has 0 N–H and O–H groups in total. The summed E-state index contributed by atoms with van der Waals surface area (Å²) in [6, 6.07) is 1.85. The molecule has 59 valence electrons. The van der Waals surface area contributed by atoms with Gasteiger partial charge in [0.25, 0.3) is 0 Å². The molecule has 0 aliphatic heterocycles. The van der Waals surface area contributed by atoms with Crippen LogP contribution >= 0.6 is 11.3 Å². The Bertz CT molecular complexity index is 218. The molecule has 1 aromatic rings. The largest absolute Gasteiger partial charge is 0.273 e. The minimum absolute atomic E-state index is 0.0223. The number of hydrogen-bond donors (Lipinski definition) is 0. The van der Waals surface area contributed by atoms with Crippen LogP contribution in [0.2, 0.25) is 0 Å². The molecule has 3 heteroatoms. The molecule has 1 amide bonds. The maximum atomic E-state index is 10.9. The molecular weight excluding hydrogens is 158 g/mol. The van der Waals surface area contributed by atoms with Crippen LogP contribution in [0.5, 0.6) is 0 Å². The number of nitrogens with zero attached hydrogens (tertiary/aromatic N) is 1. The van der Waals surface area contributed by atoms with E-state index in [1.54, 1.807) is 11.3 Å². The van der Waals surface area contributed by atoms with Crippen LogP contribution in [-0.2, 0) is 4.79 Å². The van der Waals surface area contributed by atoms with Crippen LogP contribution in [0.1, 0.15) is 19.8 Å². The summed E-state index contributed by atoms with van der Waals surface area (Å²) in [6.45, 7) is 1.97. The van der Waals surface area contributed by atoms with Crippen LogP contribution in [0.4, 0.5) is 5.69 Å². The first kappa shape index (κ1) is 8.27. The van der Waals surface area contributed by atoms with Gasteiger partial charge in [-0.25, -0.2) is 5.32 Å². The van der Waals surface area contributed by atoms with Crippen LogP contribution < -0.4 is 5.32 Å². The highest BCUT2D eigenvalue weighted by Gasteiger charge is 2.01. The molecule has 1 rings (SSSR count). The van der Waals surface area contributed by atoms with E-state index in [2.05, 4.69) is 5.32 Å². The van der Waals surface area contributed by atoms with Gasteiger partial charge < -0.3 is 0 Å². The minimum Gasteiger partial charge on any atom is -0.273 e. The lowest BCUT2D eigenvalue weighted by molar-refractivity contribution is -0.120. The Hall–Kier alpha value is -0.830. The van der Waals surface area contributed by atoms with Crippen molar-refractivity contribution in [2.75, 3.05) is 0 Å². The van der Waals surface area contributed by atoms with E-state index in [9.17, 15) is 4.79 Å². The smallest absolute Gasteiger partial charge is 0.246 e. The fourth-order valence-corrected chi connectivity index (χ4v) is 1.30. The highest BCUT2D eigenvalue weighted by Crippen LogP contribution is 2.12. The van der Waals surface area contributed by atoms with E-state index in [1.165, 1.54) is 0 Å². The van der Waals surface area contributed by atoms with Crippen molar-refractivity contribution < 1.29 is 4.79 Å². The highest BCUT2D eigenvalue weighted by molar-refractivity contribution is 7.08. The second-order valence-electron chi connectivity index (χ2n) is 2.24. The van der Waals surface area contributed by atoms with Crippen LogP contribution in [0.3, 0.4) is 0 Å². The number of rotatable bonds is 3. The summed E-state index contributed by atoms with van der Waals surface area (Å²) in [5, 5.41) is 7.66. The van der Waals surface area contributed by atoms with E-state index < -0.39 is 0 Å². The van der Waals surface area contributed by atoms with Crippen molar-refractivity contribution in [3.63, 3.8) is 0 Å². The van der Waals surface area contributed by atoms with E-state index in [0.29, 0.717) is 6.42 Å². The Balaban J connectivity index is 2.37. The fraction of sp³-hybridized carbons (Fsp3) is 0.375. The minimum atomic E-state index is -0.0223. The first-order chi connectivity index (χ1) is 5.33. The predicted octanol–water partition coefficient (Wildman–Crippen LogP) is 2.31. The summed E-state index contributed by atoms with van der Waals surface area (Å²) in [5.74, 6) is -0.0223. The predicted molar refractivity (Wildman–Crippen MR) is 46.0 cm³/mol. The lowest BCUT2D eigenvalue weighted by atomic mass is 10.3. The molecule has 0 aliphatic rings. The monoisotopic (exact) mass is 168 g/mol. The van der Waals surface area contributed by atoms with Crippen molar-refractivity contribution in [1.29, 1.82) is 0 Å². The third-order valence-electron chi connectivity index (χ3n) is 1.22. The standard InChI is InChI=1S/C8H10NOS/c1-2-3-8(10)9-7-4-5-11-6-7/h4-6H,2-3H2,1H3. The first-order valence-electron chi connectivity index (χ1n) is 3.59. The topological polar surface area (TPSA) is 31.2 Å². The van der Waals surface area contributed by atoms with E-state index in [4.69, 9.17) is 0 Å². The van der Waals surface area contributed by atoms with Crippen molar-refractivity contribution in [3.8, 4) is 0 Å². The average Bonchev–Trinajstić information content (AvgIpc) is 2.40. The number of hydrogen-bond acceptors (Lipinski definition) is 2. The second-order valence-corrected chi connectivity index (χ2v) is 3.02. The Morgan fingerprint density at radius 2 is 2.55 bits per heavy atom. The highest BCUT2D eigenvalue weighted by atomic mass is 32.1. The van der Waals surface area contributed by atoms with Crippen LogP contribution in [0.15, 0.2) is 16.8 Å². The van der Waals surface area contributed by atoms with Crippen LogP contribution in [-0.4, -0.2) is 5.91 Å². The van der Waals surface area contributed by atoms with Crippen molar-refractivity contribution in [3.05, 3.63) is 16.8 Å². The van der Waals surface area contributed by atoms with Gasteiger partial charge in [0, 0.05) is 11.8 Å². The third-order valence-corrected chi connectivity index (χ3v) is 1.89. The molecule has 0 fully saturated rings. The molecule has 1 heterocycles. The maximum absolute atomic E-state index is 10.9. The zero-order valence-electron chi connectivity index (χ0n) is 6.41.